The number of aromatic nitrogens is 4. The second-order valence-corrected chi connectivity index (χ2v) is 6.89. The zero-order valence-electron chi connectivity index (χ0n) is 17.5. The van der Waals surface area contributed by atoms with E-state index in [1.54, 1.807) is 25.7 Å². The molecule has 10 nitrogen and oxygen atoms in total. The molecule has 4 rings (SSSR count). The van der Waals surface area contributed by atoms with Gasteiger partial charge in [0.2, 0.25) is 5.82 Å². The van der Waals surface area contributed by atoms with Crippen molar-refractivity contribution in [3.63, 3.8) is 0 Å². The molecule has 0 aliphatic carbocycles. The van der Waals surface area contributed by atoms with E-state index >= 15 is 0 Å². The van der Waals surface area contributed by atoms with E-state index in [-0.39, 0.29) is 5.82 Å². The largest absolute Gasteiger partial charge is 0.383 e. The number of methoxy groups -OCH3 is 1. The molecular formula is C22H23N9O. The minimum Gasteiger partial charge on any atom is -0.383 e. The van der Waals surface area contributed by atoms with Crippen LogP contribution in [0.3, 0.4) is 0 Å². The number of benzene rings is 1. The number of pyridine rings is 2. The Morgan fingerprint density at radius 3 is 2.84 bits per heavy atom. The van der Waals surface area contributed by atoms with Gasteiger partial charge in [0.15, 0.2) is 11.6 Å². The molecule has 0 bridgehead atoms. The van der Waals surface area contributed by atoms with Crippen LogP contribution in [0.1, 0.15) is 5.56 Å². The van der Waals surface area contributed by atoms with Crippen LogP contribution in [0.25, 0.3) is 10.9 Å². The number of hydrogen-bond acceptors (Lipinski definition) is 10. The van der Waals surface area contributed by atoms with Gasteiger partial charge in [-0.1, -0.05) is 12.1 Å². The van der Waals surface area contributed by atoms with Crippen molar-refractivity contribution in [2.75, 3.05) is 36.2 Å². The van der Waals surface area contributed by atoms with Crippen molar-refractivity contribution >= 4 is 39.7 Å². The van der Waals surface area contributed by atoms with E-state index in [1.807, 2.05) is 30.3 Å². The molecule has 0 amide bonds. The molecule has 0 saturated carbocycles. The van der Waals surface area contributed by atoms with Crippen molar-refractivity contribution in [1.82, 2.24) is 19.9 Å². The highest BCUT2D eigenvalue weighted by molar-refractivity contribution is 5.79. The van der Waals surface area contributed by atoms with Crippen LogP contribution in [-0.2, 0) is 11.3 Å². The van der Waals surface area contributed by atoms with Gasteiger partial charge >= 0.3 is 0 Å². The van der Waals surface area contributed by atoms with E-state index in [2.05, 4.69) is 47.1 Å². The van der Waals surface area contributed by atoms with Crippen LogP contribution in [0, 0.1) is 5.53 Å². The minimum atomic E-state index is 0.211. The van der Waals surface area contributed by atoms with Crippen molar-refractivity contribution in [3.8, 4) is 0 Å². The first-order valence-electron chi connectivity index (χ1n) is 10.0. The predicted octanol–water partition coefficient (Wildman–Crippen LogP) is 4.50. The van der Waals surface area contributed by atoms with Gasteiger partial charge in [-0.15, -0.1) is 5.11 Å². The molecule has 10 heteroatoms. The lowest BCUT2D eigenvalue weighted by Crippen LogP contribution is -2.10. The number of hydrogen-bond donors (Lipinski definition) is 4. The van der Waals surface area contributed by atoms with Crippen LogP contribution in [0.15, 0.2) is 66.3 Å². The molecule has 4 N–H and O–H groups in total. The number of ether oxygens (including phenoxy) is 1. The summed E-state index contributed by atoms with van der Waals surface area (Å²) < 4.78 is 5.09. The van der Waals surface area contributed by atoms with E-state index in [0.29, 0.717) is 31.3 Å². The SMILES string of the molecule is COCCNc1ccncc1Nc1cnc(N=N)c(NCc2ccc3ncccc3c2)n1. The topological polar surface area (TPSA) is 133 Å². The number of nitrogens with zero attached hydrogens (tertiary/aromatic N) is 5. The number of fused-ring (bicyclic) bond motifs is 1. The summed E-state index contributed by atoms with van der Waals surface area (Å²) in [7, 11) is 1.66. The first-order valence-corrected chi connectivity index (χ1v) is 10.0. The van der Waals surface area contributed by atoms with E-state index in [0.717, 1.165) is 27.8 Å². The molecule has 32 heavy (non-hydrogen) atoms. The van der Waals surface area contributed by atoms with E-state index in [4.69, 9.17) is 10.3 Å². The average molecular weight is 429 g/mol. The third-order valence-corrected chi connectivity index (χ3v) is 4.69. The van der Waals surface area contributed by atoms with Crippen LogP contribution in [0.2, 0.25) is 0 Å². The minimum absolute atomic E-state index is 0.211. The molecule has 0 unspecified atom stereocenters. The summed E-state index contributed by atoms with van der Waals surface area (Å²) in [5.74, 6) is 1.13. The Hall–Kier alpha value is -4.18. The second-order valence-electron chi connectivity index (χ2n) is 6.89. The lowest BCUT2D eigenvalue weighted by molar-refractivity contribution is 0.211. The smallest absolute Gasteiger partial charge is 0.216 e. The standard InChI is InChI=1S/C22H23N9O/c1-32-10-9-26-18-6-8-24-13-19(18)29-20-14-28-22(31-23)21(30-20)27-12-15-4-5-17-16(11-15)3-2-7-25-17/h2-8,11,13-14,23H,9-10,12H2,1H3,(H,24,26)(H2,27,29,30). The predicted molar refractivity (Wildman–Crippen MR) is 124 cm³/mol. The van der Waals surface area contributed by atoms with Gasteiger partial charge in [-0.3, -0.25) is 9.97 Å². The van der Waals surface area contributed by atoms with Crippen LogP contribution in [-0.4, -0.2) is 40.2 Å². The Labute approximate surface area is 185 Å². The van der Waals surface area contributed by atoms with Crippen molar-refractivity contribution in [1.29, 1.82) is 5.53 Å². The summed E-state index contributed by atoms with van der Waals surface area (Å²) in [6.07, 6.45) is 6.72. The van der Waals surface area contributed by atoms with Gasteiger partial charge in [-0.05, 0) is 29.8 Å². The fourth-order valence-electron chi connectivity index (χ4n) is 3.14. The Kier molecular flexibility index (Phi) is 6.73. The lowest BCUT2D eigenvalue weighted by atomic mass is 10.1. The number of nitrogens with one attached hydrogen (secondary N) is 4. The van der Waals surface area contributed by atoms with E-state index in [1.165, 1.54) is 6.20 Å². The molecular weight excluding hydrogens is 406 g/mol. The molecule has 0 fully saturated rings. The monoisotopic (exact) mass is 429 g/mol. The highest BCUT2D eigenvalue weighted by atomic mass is 16.5. The first kappa shape index (κ1) is 21.1. The van der Waals surface area contributed by atoms with E-state index < -0.39 is 0 Å². The Bertz CT molecular complexity index is 1210. The summed E-state index contributed by atoms with van der Waals surface area (Å²) in [5, 5.41) is 14.3. The fraction of sp³-hybridized carbons (Fsp3) is 0.182. The Morgan fingerprint density at radius 2 is 1.97 bits per heavy atom. The summed E-state index contributed by atoms with van der Waals surface area (Å²) in [6, 6.07) is 11.8. The molecule has 0 spiro atoms. The van der Waals surface area contributed by atoms with Crippen molar-refractivity contribution in [2.24, 2.45) is 5.11 Å². The molecule has 162 valence electrons. The molecule has 4 aromatic rings. The van der Waals surface area contributed by atoms with Gasteiger partial charge in [0, 0.05) is 38.0 Å². The Balaban J connectivity index is 1.51. The zero-order valence-corrected chi connectivity index (χ0v) is 17.5. The molecule has 3 heterocycles. The highest BCUT2D eigenvalue weighted by Gasteiger charge is 2.10. The van der Waals surface area contributed by atoms with Gasteiger partial charge in [0.05, 0.1) is 35.9 Å². The first-order chi connectivity index (χ1) is 15.8. The summed E-state index contributed by atoms with van der Waals surface area (Å²) >= 11 is 0. The van der Waals surface area contributed by atoms with Gasteiger partial charge in [0.1, 0.15) is 0 Å². The third-order valence-electron chi connectivity index (χ3n) is 4.69. The van der Waals surface area contributed by atoms with Gasteiger partial charge < -0.3 is 20.7 Å². The second kappa shape index (κ2) is 10.2. The van der Waals surface area contributed by atoms with Crippen molar-refractivity contribution < 1.29 is 4.74 Å². The Morgan fingerprint density at radius 1 is 1.03 bits per heavy atom. The summed E-state index contributed by atoms with van der Waals surface area (Å²) in [5.41, 5.74) is 11.0. The van der Waals surface area contributed by atoms with Crippen LogP contribution < -0.4 is 16.0 Å². The molecule has 0 aliphatic heterocycles. The van der Waals surface area contributed by atoms with Crippen LogP contribution >= 0.6 is 0 Å². The average Bonchev–Trinajstić information content (AvgIpc) is 2.84. The van der Waals surface area contributed by atoms with Crippen molar-refractivity contribution in [2.45, 2.75) is 6.54 Å². The van der Waals surface area contributed by atoms with Gasteiger partial charge in [0.25, 0.3) is 0 Å². The maximum Gasteiger partial charge on any atom is 0.216 e. The van der Waals surface area contributed by atoms with Crippen LogP contribution in [0.4, 0.5) is 28.8 Å². The maximum absolute atomic E-state index is 7.42. The maximum atomic E-state index is 7.42. The lowest BCUT2D eigenvalue weighted by Gasteiger charge is -2.14. The third kappa shape index (κ3) is 5.10. The molecule has 0 aliphatic rings. The highest BCUT2D eigenvalue weighted by Crippen LogP contribution is 2.27. The van der Waals surface area contributed by atoms with Crippen molar-refractivity contribution in [3.05, 3.63) is 66.7 Å². The fourth-order valence-corrected chi connectivity index (χ4v) is 3.14. The number of rotatable bonds is 10. The molecule has 0 radical (unpaired) electrons. The molecule has 3 aromatic heterocycles. The summed E-state index contributed by atoms with van der Waals surface area (Å²) in [6.45, 7) is 1.74. The zero-order chi connectivity index (χ0) is 22.2. The van der Waals surface area contributed by atoms with Gasteiger partial charge in [-0.25, -0.2) is 15.5 Å². The quantitative estimate of drug-likeness (QED) is 0.214. The molecule has 1 aromatic carbocycles. The number of anilines is 4. The summed E-state index contributed by atoms with van der Waals surface area (Å²) in [4.78, 5) is 17.3. The molecule has 0 atom stereocenters. The van der Waals surface area contributed by atoms with E-state index in [9.17, 15) is 0 Å². The van der Waals surface area contributed by atoms with Crippen LogP contribution in [0.5, 0.6) is 0 Å². The molecule has 0 saturated heterocycles. The van der Waals surface area contributed by atoms with Gasteiger partial charge in [-0.2, -0.15) is 0 Å². The normalized spacial score (nSPS) is 10.7.